The monoisotopic (exact) mass is 407 g/mol. The number of hydrogen-bond acceptors (Lipinski definition) is 4. The molecule has 0 spiro atoms. The molecule has 2 saturated heterocycles. The Kier molecular flexibility index (Phi) is 6.70. The van der Waals surface area contributed by atoms with Crippen LogP contribution in [0.4, 0.5) is 0 Å². The number of ether oxygens (including phenoxy) is 1. The van der Waals surface area contributed by atoms with E-state index >= 15 is 0 Å². The van der Waals surface area contributed by atoms with Crippen LogP contribution in [0.2, 0.25) is 0 Å². The molecule has 0 aromatic heterocycles. The number of hydrogen-bond donors (Lipinski definition) is 0. The van der Waals surface area contributed by atoms with Gasteiger partial charge in [0.2, 0.25) is 0 Å². The molecule has 2 fully saturated rings. The van der Waals surface area contributed by atoms with Crippen molar-refractivity contribution >= 4 is 5.91 Å². The fraction of sp³-hybridized carbons (Fsp3) is 0.480. The number of amides is 1. The lowest BCUT2D eigenvalue weighted by atomic mass is 9.96. The van der Waals surface area contributed by atoms with Gasteiger partial charge in [0.1, 0.15) is 5.75 Å². The van der Waals surface area contributed by atoms with Gasteiger partial charge < -0.3 is 19.4 Å². The zero-order valence-corrected chi connectivity index (χ0v) is 18.2. The third kappa shape index (κ3) is 5.02. The molecule has 5 nitrogen and oxygen atoms in total. The largest absolute Gasteiger partial charge is 0.497 e. The van der Waals surface area contributed by atoms with Crippen molar-refractivity contribution < 1.29 is 9.53 Å². The second kappa shape index (κ2) is 9.63. The Morgan fingerprint density at radius 3 is 2.50 bits per heavy atom. The van der Waals surface area contributed by atoms with Gasteiger partial charge in [-0.05, 0) is 61.2 Å². The van der Waals surface area contributed by atoms with Gasteiger partial charge in [-0.3, -0.25) is 4.79 Å². The van der Waals surface area contributed by atoms with Crippen LogP contribution in [0.15, 0.2) is 48.5 Å². The molecule has 1 amide bonds. The van der Waals surface area contributed by atoms with Gasteiger partial charge in [0.25, 0.3) is 5.91 Å². The van der Waals surface area contributed by atoms with Gasteiger partial charge in [-0.25, -0.2) is 0 Å². The molecular weight excluding hydrogens is 374 g/mol. The number of carbonyl (C=O) groups is 1. The van der Waals surface area contributed by atoms with E-state index in [-0.39, 0.29) is 5.91 Å². The minimum Gasteiger partial charge on any atom is -0.497 e. The lowest BCUT2D eigenvalue weighted by Crippen LogP contribution is -2.49. The smallest absolute Gasteiger partial charge is 0.253 e. The van der Waals surface area contributed by atoms with Crippen LogP contribution in [0.5, 0.6) is 5.75 Å². The fourth-order valence-corrected chi connectivity index (χ4v) is 4.61. The van der Waals surface area contributed by atoms with Gasteiger partial charge in [-0.15, -0.1) is 0 Å². The average Bonchev–Trinajstić information content (AvgIpc) is 2.80. The summed E-state index contributed by atoms with van der Waals surface area (Å²) in [5, 5.41) is 0. The highest BCUT2D eigenvalue weighted by Gasteiger charge is 2.27. The third-order valence-electron chi connectivity index (χ3n) is 6.43. The Labute approximate surface area is 180 Å². The molecule has 0 saturated carbocycles. The molecule has 1 unspecified atom stereocenters. The number of methoxy groups -OCH3 is 1. The highest BCUT2D eigenvalue weighted by molar-refractivity contribution is 5.95. The number of likely N-dealkylation sites (tertiary alicyclic amines) is 1. The summed E-state index contributed by atoms with van der Waals surface area (Å²) in [5.74, 6) is 1.56. The van der Waals surface area contributed by atoms with Crippen molar-refractivity contribution in [3.63, 3.8) is 0 Å². The lowest BCUT2D eigenvalue weighted by Gasteiger charge is -2.38. The van der Waals surface area contributed by atoms with E-state index in [1.807, 2.05) is 36.4 Å². The van der Waals surface area contributed by atoms with E-state index in [0.717, 1.165) is 74.7 Å². The summed E-state index contributed by atoms with van der Waals surface area (Å²) in [4.78, 5) is 20.3. The lowest BCUT2D eigenvalue weighted by molar-refractivity contribution is 0.0609. The molecule has 2 aromatic carbocycles. The van der Waals surface area contributed by atoms with Crippen molar-refractivity contribution in [2.45, 2.75) is 12.8 Å². The number of piperidine rings is 1. The molecule has 1 atom stereocenters. The van der Waals surface area contributed by atoms with E-state index in [1.165, 1.54) is 6.42 Å². The zero-order chi connectivity index (χ0) is 20.9. The summed E-state index contributed by atoms with van der Waals surface area (Å²) in [6.45, 7) is 7.42. The Morgan fingerprint density at radius 1 is 1.00 bits per heavy atom. The van der Waals surface area contributed by atoms with Crippen molar-refractivity contribution in [2.75, 3.05) is 60.0 Å². The molecule has 5 heteroatoms. The molecule has 4 rings (SSSR count). The number of rotatable bonds is 5. The van der Waals surface area contributed by atoms with Crippen LogP contribution in [0.1, 0.15) is 23.2 Å². The second-order valence-electron chi connectivity index (χ2n) is 8.68. The predicted octanol–water partition coefficient (Wildman–Crippen LogP) is 3.46. The third-order valence-corrected chi connectivity index (χ3v) is 6.43. The first-order valence-electron chi connectivity index (χ1n) is 11.1. The summed E-state index contributed by atoms with van der Waals surface area (Å²) in [5.41, 5.74) is 2.89. The summed E-state index contributed by atoms with van der Waals surface area (Å²) in [7, 11) is 3.87. The van der Waals surface area contributed by atoms with Crippen molar-refractivity contribution in [2.24, 2.45) is 5.92 Å². The Morgan fingerprint density at radius 2 is 1.73 bits per heavy atom. The van der Waals surface area contributed by atoms with Crippen LogP contribution in [-0.2, 0) is 0 Å². The van der Waals surface area contributed by atoms with Gasteiger partial charge in [-0.1, -0.05) is 24.3 Å². The van der Waals surface area contributed by atoms with E-state index in [0.29, 0.717) is 5.92 Å². The summed E-state index contributed by atoms with van der Waals surface area (Å²) in [6.07, 6.45) is 2.32. The molecule has 0 aliphatic carbocycles. The second-order valence-corrected chi connectivity index (χ2v) is 8.68. The summed E-state index contributed by atoms with van der Waals surface area (Å²) in [6, 6.07) is 16.0. The first kappa shape index (κ1) is 20.9. The van der Waals surface area contributed by atoms with Crippen LogP contribution in [-0.4, -0.2) is 80.6 Å². The summed E-state index contributed by atoms with van der Waals surface area (Å²) < 4.78 is 5.35. The van der Waals surface area contributed by atoms with Crippen LogP contribution in [0.3, 0.4) is 0 Å². The first-order valence-corrected chi connectivity index (χ1v) is 11.1. The van der Waals surface area contributed by atoms with Gasteiger partial charge in [0.05, 0.1) is 7.11 Å². The highest BCUT2D eigenvalue weighted by Crippen LogP contribution is 2.26. The highest BCUT2D eigenvalue weighted by atomic mass is 16.5. The number of benzene rings is 2. The quantitative estimate of drug-likeness (QED) is 0.761. The van der Waals surface area contributed by atoms with Crippen LogP contribution < -0.4 is 4.74 Å². The Balaban J connectivity index is 1.42. The maximum absolute atomic E-state index is 13.3. The molecular formula is C25H33N3O2. The minimum atomic E-state index is 0.155. The van der Waals surface area contributed by atoms with E-state index < -0.39 is 0 Å². The molecule has 0 bridgehead atoms. The van der Waals surface area contributed by atoms with Crippen molar-refractivity contribution in [1.29, 1.82) is 0 Å². The Bertz CT molecular complexity index is 861. The van der Waals surface area contributed by atoms with Crippen molar-refractivity contribution in [3.05, 3.63) is 54.1 Å². The van der Waals surface area contributed by atoms with E-state index in [2.05, 4.69) is 33.9 Å². The van der Waals surface area contributed by atoms with Gasteiger partial charge >= 0.3 is 0 Å². The van der Waals surface area contributed by atoms with Gasteiger partial charge in [-0.2, -0.15) is 0 Å². The van der Waals surface area contributed by atoms with Crippen LogP contribution in [0, 0.1) is 5.92 Å². The van der Waals surface area contributed by atoms with E-state index in [9.17, 15) is 4.79 Å². The number of nitrogens with zero attached hydrogens (tertiary/aromatic N) is 3. The maximum atomic E-state index is 13.3. The predicted molar refractivity (Wildman–Crippen MR) is 121 cm³/mol. The Hall–Kier alpha value is -2.37. The van der Waals surface area contributed by atoms with Crippen molar-refractivity contribution in [1.82, 2.24) is 14.7 Å². The normalized spacial score (nSPS) is 20.9. The molecule has 0 radical (unpaired) electrons. The topological polar surface area (TPSA) is 36.0 Å². The molecule has 30 heavy (non-hydrogen) atoms. The minimum absolute atomic E-state index is 0.155. The fourth-order valence-electron chi connectivity index (χ4n) is 4.61. The number of piperazine rings is 1. The molecule has 2 aliphatic heterocycles. The first-order chi connectivity index (χ1) is 14.6. The zero-order valence-electron chi connectivity index (χ0n) is 18.2. The van der Waals surface area contributed by atoms with Crippen molar-refractivity contribution in [3.8, 4) is 16.9 Å². The molecule has 0 N–H and O–H groups in total. The molecule has 160 valence electrons. The van der Waals surface area contributed by atoms with Gasteiger partial charge in [0, 0.05) is 51.4 Å². The van der Waals surface area contributed by atoms with Gasteiger partial charge in [0.15, 0.2) is 0 Å². The average molecular weight is 408 g/mol. The van der Waals surface area contributed by atoms with Crippen LogP contribution >= 0.6 is 0 Å². The maximum Gasteiger partial charge on any atom is 0.253 e. The standard InChI is InChI=1S/C25H33N3O2/c1-26-12-14-27(15-13-26)18-20-6-5-11-28(19-20)25(29)23-9-3-7-21(16-23)22-8-4-10-24(17-22)30-2/h3-4,7-10,16-17,20H,5-6,11-15,18-19H2,1-2H3. The molecule has 2 aromatic rings. The summed E-state index contributed by atoms with van der Waals surface area (Å²) >= 11 is 0. The van der Waals surface area contributed by atoms with E-state index in [1.54, 1.807) is 7.11 Å². The van der Waals surface area contributed by atoms with Crippen LogP contribution in [0.25, 0.3) is 11.1 Å². The molecule has 2 heterocycles. The molecule has 2 aliphatic rings. The number of likely N-dealkylation sites (N-methyl/N-ethyl adjacent to an activating group) is 1. The number of carbonyl (C=O) groups excluding carboxylic acids is 1. The van der Waals surface area contributed by atoms with E-state index in [4.69, 9.17) is 4.74 Å². The SMILES string of the molecule is COc1cccc(-c2cccc(C(=O)N3CCCC(CN4CCN(C)CC4)C3)c2)c1.